The summed E-state index contributed by atoms with van der Waals surface area (Å²) in [6, 6.07) is 6.89. The predicted molar refractivity (Wildman–Crippen MR) is 99.3 cm³/mol. The van der Waals surface area contributed by atoms with E-state index in [2.05, 4.69) is 10.1 Å². The van der Waals surface area contributed by atoms with Crippen LogP contribution < -0.4 is 0 Å². The Labute approximate surface area is 166 Å². The molecule has 29 heavy (non-hydrogen) atoms. The minimum atomic E-state index is -4.24. The van der Waals surface area contributed by atoms with E-state index in [1.54, 1.807) is 43.0 Å². The van der Waals surface area contributed by atoms with Crippen molar-refractivity contribution < 1.29 is 22.5 Å². The van der Waals surface area contributed by atoms with E-state index in [1.165, 1.54) is 4.90 Å². The molecule has 1 aromatic heterocycles. The highest BCUT2D eigenvalue weighted by Crippen LogP contribution is 2.39. The molecule has 1 saturated heterocycles. The maximum absolute atomic E-state index is 13.0. The first kappa shape index (κ1) is 19.9. The van der Waals surface area contributed by atoms with E-state index < -0.39 is 18.3 Å². The van der Waals surface area contributed by atoms with Gasteiger partial charge in [0, 0.05) is 36.7 Å². The van der Waals surface area contributed by atoms with Gasteiger partial charge in [-0.15, -0.1) is 0 Å². The van der Waals surface area contributed by atoms with Gasteiger partial charge in [-0.1, -0.05) is 5.16 Å². The Kier molecular flexibility index (Phi) is 4.88. The van der Waals surface area contributed by atoms with E-state index in [4.69, 9.17) is 4.52 Å². The van der Waals surface area contributed by atoms with Gasteiger partial charge in [-0.3, -0.25) is 9.69 Å². The molecule has 1 aliphatic carbocycles. The number of alkyl halides is 3. The first-order valence-corrected chi connectivity index (χ1v) is 9.67. The lowest BCUT2D eigenvalue weighted by molar-refractivity contribution is -0.153. The zero-order valence-electron chi connectivity index (χ0n) is 16.4. The quantitative estimate of drug-likeness (QED) is 0.772. The Morgan fingerprint density at radius 1 is 1.21 bits per heavy atom. The fourth-order valence-corrected chi connectivity index (χ4v) is 3.79. The molecule has 1 aliphatic heterocycles. The Balaban J connectivity index is 1.44. The number of halogens is 3. The molecule has 0 N–H and O–H groups in total. The largest absolute Gasteiger partial charge is 0.401 e. The fourth-order valence-electron chi connectivity index (χ4n) is 3.79. The number of carbonyl (C=O) groups is 1. The van der Waals surface area contributed by atoms with Crippen molar-refractivity contribution in [1.29, 1.82) is 0 Å². The molecule has 156 valence electrons. The Morgan fingerprint density at radius 2 is 1.90 bits per heavy atom. The monoisotopic (exact) mass is 408 g/mol. The van der Waals surface area contributed by atoms with Gasteiger partial charge in [-0.25, -0.2) is 0 Å². The maximum atomic E-state index is 13.0. The second-order valence-corrected chi connectivity index (χ2v) is 8.40. The van der Waals surface area contributed by atoms with Crippen molar-refractivity contribution in [3.05, 3.63) is 35.7 Å². The van der Waals surface area contributed by atoms with Crippen LogP contribution in [-0.2, 0) is 0 Å². The zero-order valence-corrected chi connectivity index (χ0v) is 16.4. The van der Waals surface area contributed by atoms with Gasteiger partial charge in [0.05, 0.1) is 12.1 Å². The van der Waals surface area contributed by atoms with E-state index in [0.29, 0.717) is 17.4 Å². The van der Waals surface area contributed by atoms with Crippen molar-refractivity contribution in [3.8, 4) is 11.5 Å². The normalized spacial score (nSPS) is 20.1. The number of rotatable bonds is 4. The standard InChI is InChI=1S/C20H23F3N4O2/c1-19(2)11-26(12-20(21,22)23)9-10-27(19)18(28)15-7-5-14(6-8-15)17-24-16(25-29-17)13-3-4-13/h5-8,13H,3-4,9-12H2,1-2H3. The molecular weight excluding hydrogens is 385 g/mol. The molecule has 6 nitrogen and oxygen atoms in total. The van der Waals surface area contributed by atoms with Crippen LogP contribution in [0.1, 0.15) is 48.8 Å². The predicted octanol–water partition coefficient (Wildman–Crippen LogP) is 3.71. The summed E-state index contributed by atoms with van der Waals surface area (Å²) in [7, 11) is 0. The molecule has 1 saturated carbocycles. The average Bonchev–Trinajstić information content (AvgIpc) is 3.36. The summed E-state index contributed by atoms with van der Waals surface area (Å²) in [6.07, 6.45) is -2.08. The zero-order chi connectivity index (χ0) is 20.8. The topological polar surface area (TPSA) is 62.5 Å². The molecule has 0 unspecified atom stereocenters. The highest BCUT2D eigenvalue weighted by atomic mass is 19.4. The molecule has 0 spiro atoms. The third-order valence-electron chi connectivity index (χ3n) is 5.39. The molecule has 2 aromatic rings. The Morgan fingerprint density at radius 3 is 2.48 bits per heavy atom. The Bertz CT molecular complexity index is 888. The van der Waals surface area contributed by atoms with Gasteiger partial charge in [0.2, 0.25) is 0 Å². The molecule has 4 rings (SSSR count). The van der Waals surface area contributed by atoms with E-state index in [1.807, 2.05) is 0 Å². The van der Waals surface area contributed by atoms with Crippen molar-refractivity contribution in [1.82, 2.24) is 19.9 Å². The molecule has 1 amide bonds. The fraction of sp³-hybridized carbons (Fsp3) is 0.550. The van der Waals surface area contributed by atoms with Crippen LogP contribution in [0.5, 0.6) is 0 Å². The van der Waals surface area contributed by atoms with Crippen LogP contribution in [0, 0.1) is 0 Å². The molecule has 2 aliphatic rings. The van der Waals surface area contributed by atoms with Crippen molar-refractivity contribution >= 4 is 5.91 Å². The van der Waals surface area contributed by atoms with Crippen molar-refractivity contribution in [2.24, 2.45) is 0 Å². The average molecular weight is 408 g/mol. The van der Waals surface area contributed by atoms with Gasteiger partial charge in [0.1, 0.15) is 0 Å². The Hall–Kier alpha value is -2.42. The van der Waals surface area contributed by atoms with Gasteiger partial charge in [-0.2, -0.15) is 18.2 Å². The van der Waals surface area contributed by atoms with Crippen molar-refractivity contribution in [2.75, 3.05) is 26.2 Å². The van der Waals surface area contributed by atoms with Gasteiger partial charge < -0.3 is 9.42 Å². The summed E-state index contributed by atoms with van der Waals surface area (Å²) in [5, 5.41) is 3.99. The first-order chi connectivity index (χ1) is 13.6. The molecule has 2 fully saturated rings. The lowest BCUT2D eigenvalue weighted by Crippen LogP contribution is -2.62. The van der Waals surface area contributed by atoms with Crippen LogP contribution in [0.15, 0.2) is 28.8 Å². The number of piperazine rings is 1. The SMILES string of the molecule is CC1(C)CN(CC(F)(F)F)CCN1C(=O)c1ccc(-c2nc(C3CC3)no2)cc1. The van der Waals surface area contributed by atoms with Crippen LogP contribution in [0.4, 0.5) is 13.2 Å². The number of aromatic nitrogens is 2. The summed E-state index contributed by atoms with van der Waals surface area (Å²) in [5.74, 6) is 1.34. The van der Waals surface area contributed by atoms with Crippen molar-refractivity contribution in [2.45, 2.75) is 44.3 Å². The number of hydrogen-bond acceptors (Lipinski definition) is 5. The lowest BCUT2D eigenvalue weighted by atomic mass is 9.97. The molecule has 9 heteroatoms. The van der Waals surface area contributed by atoms with Gasteiger partial charge in [-0.05, 0) is 51.0 Å². The number of nitrogens with zero attached hydrogens (tertiary/aromatic N) is 4. The van der Waals surface area contributed by atoms with E-state index in [0.717, 1.165) is 24.2 Å². The highest BCUT2D eigenvalue weighted by molar-refractivity contribution is 5.95. The summed E-state index contributed by atoms with van der Waals surface area (Å²) in [5.41, 5.74) is 0.508. The second-order valence-electron chi connectivity index (χ2n) is 8.40. The van der Waals surface area contributed by atoms with Crippen LogP contribution in [0.3, 0.4) is 0 Å². The third kappa shape index (κ3) is 4.44. The van der Waals surface area contributed by atoms with Crippen molar-refractivity contribution in [3.63, 3.8) is 0 Å². The van der Waals surface area contributed by atoms with Crippen LogP contribution >= 0.6 is 0 Å². The molecule has 0 radical (unpaired) electrons. The van der Waals surface area contributed by atoms with E-state index in [-0.39, 0.29) is 25.5 Å². The molecule has 1 aromatic carbocycles. The summed E-state index contributed by atoms with van der Waals surface area (Å²) in [4.78, 5) is 20.4. The second kappa shape index (κ2) is 7.12. The highest BCUT2D eigenvalue weighted by Gasteiger charge is 2.40. The summed E-state index contributed by atoms with van der Waals surface area (Å²) in [6.45, 7) is 3.23. The van der Waals surface area contributed by atoms with E-state index >= 15 is 0 Å². The minimum Gasteiger partial charge on any atom is -0.334 e. The molecule has 0 atom stereocenters. The molecular formula is C20H23F3N4O2. The number of carbonyl (C=O) groups excluding carboxylic acids is 1. The molecule has 2 heterocycles. The summed E-state index contributed by atoms with van der Waals surface area (Å²) >= 11 is 0. The van der Waals surface area contributed by atoms with Gasteiger partial charge in [0.25, 0.3) is 11.8 Å². The number of hydrogen-bond donors (Lipinski definition) is 0. The van der Waals surface area contributed by atoms with Gasteiger partial charge in [0.15, 0.2) is 5.82 Å². The molecule has 0 bridgehead atoms. The maximum Gasteiger partial charge on any atom is 0.401 e. The third-order valence-corrected chi connectivity index (χ3v) is 5.39. The number of amides is 1. The number of benzene rings is 1. The van der Waals surface area contributed by atoms with Crippen LogP contribution in [0.25, 0.3) is 11.5 Å². The minimum absolute atomic E-state index is 0.169. The van der Waals surface area contributed by atoms with Crippen LogP contribution in [0.2, 0.25) is 0 Å². The summed E-state index contributed by atoms with van der Waals surface area (Å²) < 4.78 is 43.4. The van der Waals surface area contributed by atoms with Crippen LogP contribution in [-0.4, -0.2) is 63.7 Å². The smallest absolute Gasteiger partial charge is 0.334 e. The van der Waals surface area contributed by atoms with Gasteiger partial charge >= 0.3 is 6.18 Å². The van der Waals surface area contributed by atoms with E-state index in [9.17, 15) is 18.0 Å². The first-order valence-electron chi connectivity index (χ1n) is 9.67. The lowest BCUT2D eigenvalue weighted by Gasteiger charge is -2.47.